The van der Waals surface area contributed by atoms with Gasteiger partial charge in [0.15, 0.2) is 0 Å². The zero-order valence-electron chi connectivity index (χ0n) is 34.4. The molecule has 2 fully saturated rings. The molecule has 2 aromatic carbocycles. The number of piperazine rings is 1. The molecule has 3 amide bonds. The van der Waals surface area contributed by atoms with Crippen molar-refractivity contribution in [3.05, 3.63) is 87.1 Å². The number of para-hydroxylation sites is 1. The zero-order chi connectivity index (χ0) is 42.3. The van der Waals surface area contributed by atoms with Crippen molar-refractivity contribution in [3.63, 3.8) is 0 Å². The molecule has 4 aromatic rings. The van der Waals surface area contributed by atoms with Crippen LogP contribution in [-0.4, -0.2) is 89.1 Å². The van der Waals surface area contributed by atoms with Crippen molar-refractivity contribution < 1.29 is 23.9 Å². The maximum Gasteiger partial charge on any atom is 0.262 e. The third-order valence-electron chi connectivity index (χ3n) is 11.1. The first-order valence-electron chi connectivity index (χ1n) is 20.3. The molecule has 2 aliphatic heterocycles. The summed E-state index contributed by atoms with van der Waals surface area (Å²) in [5.41, 5.74) is 0.612. The third-order valence-corrected chi connectivity index (χ3v) is 11.4. The molecule has 2 aliphatic rings. The van der Waals surface area contributed by atoms with E-state index in [1.807, 2.05) is 12.1 Å². The van der Waals surface area contributed by atoms with Crippen molar-refractivity contribution in [2.45, 2.75) is 78.9 Å². The lowest BCUT2D eigenvalue weighted by Crippen LogP contribution is -2.47. The first-order chi connectivity index (χ1) is 28.2. The first-order valence-corrected chi connectivity index (χ1v) is 20.7. The molecule has 0 radical (unpaired) electrons. The van der Waals surface area contributed by atoms with Gasteiger partial charge in [-0.1, -0.05) is 45.4 Å². The fourth-order valence-electron chi connectivity index (χ4n) is 7.93. The highest BCUT2D eigenvalue weighted by Crippen LogP contribution is 2.32. The summed E-state index contributed by atoms with van der Waals surface area (Å²) in [6.07, 6.45) is 4.70. The molecular formula is C44H53ClN8O6. The average molecular weight is 825 g/mol. The number of aromatic nitrogens is 3. The highest BCUT2D eigenvalue weighted by atomic mass is 35.5. The molecule has 2 saturated heterocycles. The molecule has 312 valence electrons. The number of ether oxygens (including phenoxy) is 2. The second-order valence-corrected chi connectivity index (χ2v) is 16.7. The van der Waals surface area contributed by atoms with Gasteiger partial charge in [0.1, 0.15) is 46.9 Å². The Balaban J connectivity index is 0.911. The molecule has 14 nitrogen and oxygen atoms in total. The second kappa shape index (κ2) is 19.0. The van der Waals surface area contributed by atoms with Crippen molar-refractivity contribution in [2.75, 3.05) is 50.8 Å². The highest BCUT2D eigenvalue weighted by Gasteiger charge is 2.35. The van der Waals surface area contributed by atoms with Crippen LogP contribution in [0.25, 0.3) is 10.9 Å². The number of rotatable bonds is 16. The van der Waals surface area contributed by atoms with E-state index in [1.54, 1.807) is 49.5 Å². The van der Waals surface area contributed by atoms with Crippen molar-refractivity contribution in [1.82, 2.24) is 30.1 Å². The number of amides is 3. The van der Waals surface area contributed by atoms with Crippen LogP contribution in [0.1, 0.15) is 87.6 Å². The summed E-state index contributed by atoms with van der Waals surface area (Å²) in [5, 5.41) is 15.3. The van der Waals surface area contributed by atoms with Crippen molar-refractivity contribution in [3.8, 4) is 17.6 Å². The number of fused-ring (bicyclic) bond motifs is 1. The van der Waals surface area contributed by atoms with Gasteiger partial charge in [0.25, 0.3) is 11.5 Å². The summed E-state index contributed by atoms with van der Waals surface area (Å²) in [4.78, 5) is 64.7. The maximum atomic E-state index is 13.4. The Morgan fingerprint density at radius 1 is 1.07 bits per heavy atom. The smallest absolute Gasteiger partial charge is 0.262 e. The summed E-state index contributed by atoms with van der Waals surface area (Å²) in [6.45, 7) is 15.3. The topological polar surface area (TPSA) is 172 Å². The number of halogens is 1. The lowest BCUT2D eigenvalue weighted by Gasteiger charge is -2.37. The maximum absolute atomic E-state index is 13.4. The van der Waals surface area contributed by atoms with E-state index in [-0.39, 0.29) is 42.2 Å². The predicted octanol–water partition coefficient (Wildman–Crippen LogP) is 5.83. The lowest BCUT2D eigenvalue weighted by atomic mass is 9.80. The van der Waals surface area contributed by atoms with Gasteiger partial charge in [0.2, 0.25) is 11.8 Å². The summed E-state index contributed by atoms with van der Waals surface area (Å²) in [6, 6.07) is 15.3. The molecule has 1 unspecified atom stereocenters. The Bertz CT molecular complexity index is 2260. The lowest BCUT2D eigenvalue weighted by molar-refractivity contribution is -0.135. The van der Waals surface area contributed by atoms with Crippen molar-refractivity contribution in [1.29, 1.82) is 5.26 Å². The SMILES string of the molecule is Cc1nc2c(OCCCCCN3CCN(c4ccc(C(=O)NCC(C)(C)[C@@H](Oc5ccc(C#N)c(Cl)c5)C(C)C)cn4)CC3)cccc2c(=O)n1C1CCC(=O)NC1=O. The number of imide groups is 1. The Morgan fingerprint density at radius 3 is 2.53 bits per heavy atom. The minimum atomic E-state index is -0.770. The van der Waals surface area contributed by atoms with E-state index in [9.17, 15) is 24.4 Å². The summed E-state index contributed by atoms with van der Waals surface area (Å²) in [5.74, 6) is 1.49. The van der Waals surface area contributed by atoms with Crippen LogP contribution >= 0.6 is 11.6 Å². The summed E-state index contributed by atoms with van der Waals surface area (Å²) in [7, 11) is 0. The normalized spacial score (nSPS) is 16.8. The van der Waals surface area contributed by atoms with E-state index >= 15 is 0 Å². The van der Waals surface area contributed by atoms with Crippen molar-refractivity contribution >= 4 is 46.0 Å². The Labute approximate surface area is 349 Å². The molecule has 2 N–H and O–H groups in total. The van der Waals surface area contributed by atoms with E-state index in [0.717, 1.165) is 57.8 Å². The van der Waals surface area contributed by atoms with Crippen molar-refractivity contribution in [2.24, 2.45) is 11.3 Å². The molecule has 2 atom stereocenters. The third kappa shape index (κ3) is 10.4. The number of unbranched alkanes of at least 4 members (excludes halogenated alkanes) is 2. The number of piperidine rings is 1. The number of pyridine rings is 1. The number of hydrogen-bond donors (Lipinski definition) is 2. The molecule has 15 heteroatoms. The number of carbonyl (C=O) groups excluding carboxylic acids is 3. The van der Waals surface area contributed by atoms with Gasteiger partial charge in [0.05, 0.1) is 28.1 Å². The van der Waals surface area contributed by atoms with E-state index in [0.29, 0.717) is 57.5 Å². The van der Waals surface area contributed by atoms with E-state index < -0.39 is 17.4 Å². The standard InChI is InChI=1S/C44H53ClN8O6/c1-28(2)40(59-32-14-12-30(25-46)34(45)24-32)44(4,5)27-48-41(55)31-13-16-37(47-26-31)52-21-19-51(20-22-52)18-7-6-8-23-58-36-11-9-10-33-39(36)49-29(3)53(43(33)57)35-15-17-38(54)50-42(35)56/h9-14,16,24,26,28,35,40H,6-8,15,17-23,27H2,1-5H3,(H,48,55)(H,50,54,56)/t35?,40-/m0/s1. The molecule has 6 rings (SSSR count). The quantitative estimate of drug-likeness (QED) is 0.103. The van der Waals surface area contributed by atoms with Crippen LogP contribution in [0, 0.1) is 29.6 Å². The fourth-order valence-corrected chi connectivity index (χ4v) is 8.15. The second-order valence-electron chi connectivity index (χ2n) is 16.3. The largest absolute Gasteiger partial charge is 0.491 e. The van der Waals surface area contributed by atoms with Gasteiger partial charge in [-0.05, 0) is 81.5 Å². The van der Waals surface area contributed by atoms with Crippen LogP contribution in [0.4, 0.5) is 5.82 Å². The molecule has 0 spiro atoms. The molecule has 4 heterocycles. The highest BCUT2D eigenvalue weighted by molar-refractivity contribution is 6.31. The molecule has 0 bridgehead atoms. The predicted molar refractivity (Wildman–Crippen MR) is 226 cm³/mol. The molecule has 2 aromatic heterocycles. The zero-order valence-corrected chi connectivity index (χ0v) is 35.2. The number of nitrogens with zero attached hydrogens (tertiary/aromatic N) is 6. The van der Waals surface area contributed by atoms with Gasteiger partial charge >= 0.3 is 0 Å². The number of anilines is 1. The number of benzene rings is 2. The van der Waals surface area contributed by atoms with Gasteiger partial charge < -0.3 is 19.7 Å². The van der Waals surface area contributed by atoms with Crippen LogP contribution in [0.2, 0.25) is 5.02 Å². The number of carbonyl (C=O) groups is 3. The molecule has 0 aliphatic carbocycles. The Morgan fingerprint density at radius 2 is 1.85 bits per heavy atom. The summed E-state index contributed by atoms with van der Waals surface area (Å²) < 4.78 is 13.8. The fraction of sp³-hybridized carbons (Fsp3) is 0.477. The minimum Gasteiger partial charge on any atom is -0.491 e. The molecular weight excluding hydrogens is 772 g/mol. The Hall–Kier alpha value is -5.52. The van der Waals surface area contributed by atoms with Gasteiger partial charge in [-0.2, -0.15) is 5.26 Å². The number of hydrogen-bond acceptors (Lipinski definition) is 11. The number of nitriles is 1. The van der Waals surface area contributed by atoms with Gasteiger partial charge in [0, 0.05) is 56.8 Å². The minimum absolute atomic E-state index is 0.143. The number of aryl methyl sites for hydroxylation is 1. The molecule has 0 saturated carbocycles. The first kappa shape index (κ1) is 43.1. The van der Waals surface area contributed by atoms with Crippen LogP contribution in [-0.2, 0) is 9.59 Å². The van der Waals surface area contributed by atoms with E-state index in [1.165, 1.54) is 4.57 Å². The van der Waals surface area contributed by atoms with E-state index in [4.69, 9.17) is 21.1 Å². The Kier molecular flexibility index (Phi) is 13.9. The molecule has 59 heavy (non-hydrogen) atoms. The average Bonchev–Trinajstić information content (AvgIpc) is 3.21. The van der Waals surface area contributed by atoms with Gasteiger partial charge in [-0.3, -0.25) is 34.0 Å². The monoisotopic (exact) mass is 824 g/mol. The van der Waals surface area contributed by atoms with Crippen LogP contribution in [0.5, 0.6) is 11.5 Å². The van der Waals surface area contributed by atoms with Gasteiger partial charge in [-0.25, -0.2) is 9.97 Å². The van der Waals surface area contributed by atoms with Crippen LogP contribution in [0.3, 0.4) is 0 Å². The van der Waals surface area contributed by atoms with Crippen LogP contribution < -0.4 is 30.6 Å². The number of nitrogens with one attached hydrogen (secondary N) is 2. The van der Waals surface area contributed by atoms with Gasteiger partial charge in [-0.15, -0.1) is 0 Å². The van der Waals surface area contributed by atoms with Crippen LogP contribution in [0.15, 0.2) is 59.5 Å². The van der Waals surface area contributed by atoms with E-state index in [2.05, 4.69) is 64.2 Å². The summed E-state index contributed by atoms with van der Waals surface area (Å²) >= 11 is 6.24.